The Morgan fingerprint density at radius 3 is 2.33 bits per heavy atom. The molecule has 0 aliphatic heterocycles. The summed E-state index contributed by atoms with van der Waals surface area (Å²) < 4.78 is 5.60. The first kappa shape index (κ1) is 18.7. The van der Waals surface area contributed by atoms with Crippen LogP contribution in [0.3, 0.4) is 0 Å². The first-order valence-corrected chi connectivity index (χ1v) is 8.84. The van der Waals surface area contributed by atoms with Crippen molar-refractivity contribution in [1.29, 1.82) is 0 Å². The van der Waals surface area contributed by atoms with Gasteiger partial charge in [-0.25, -0.2) is 0 Å². The molecular formula is C21H30O3. The number of aldehydes is 2. The Kier molecular flexibility index (Phi) is 5.22. The molecule has 3 nitrogen and oxygen atoms in total. The van der Waals surface area contributed by atoms with E-state index in [1.54, 1.807) is 7.11 Å². The molecule has 3 heteroatoms. The number of hydrogen-bond donors (Lipinski definition) is 0. The van der Waals surface area contributed by atoms with E-state index in [1.165, 1.54) is 0 Å². The fourth-order valence-electron chi connectivity index (χ4n) is 4.56. The minimum absolute atomic E-state index is 0.0706. The maximum Gasteiger partial charge on any atom is 0.150 e. The Balaban J connectivity index is 2.69. The molecule has 0 aromatic heterocycles. The third-order valence-corrected chi connectivity index (χ3v) is 5.95. The number of rotatable bonds is 5. The molecule has 1 saturated carbocycles. The average Bonchev–Trinajstić information content (AvgIpc) is 2.52. The molecule has 24 heavy (non-hydrogen) atoms. The van der Waals surface area contributed by atoms with E-state index in [0.717, 1.165) is 48.7 Å². The summed E-state index contributed by atoms with van der Waals surface area (Å²) in [5, 5.41) is 0. The Bertz CT molecular complexity index is 630. The van der Waals surface area contributed by atoms with Crippen molar-refractivity contribution in [2.75, 3.05) is 7.11 Å². The van der Waals surface area contributed by atoms with Crippen molar-refractivity contribution in [3.8, 4) is 5.75 Å². The summed E-state index contributed by atoms with van der Waals surface area (Å²) in [7, 11) is 1.66. The van der Waals surface area contributed by atoms with Crippen LogP contribution in [0.25, 0.3) is 0 Å². The third kappa shape index (κ3) is 3.01. The predicted octanol–water partition coefficient (Wildman–Crippen LogP) is 4.91. The highest BCUT2D eigenvalue weighted by Gasteiger charge is 2.48. The van der Waals surface area contributed by atoms with Crippen LogP contribution >= 0.6 is 0 Å². The fraction of sp³-hybridized carbons (Fsp3) is 0.619. The van der Waals surface area contributed by atoms with E-state index in [-0.39, 0.29) is 22.7 Å². The van der Waals surface area contributed by atoms with Gasteiger partial charge in [-0.1, -0.05) is 41.0 Å². The summed E-state index contributed by atoms with van der Waals surface area (Å²) >= 11 is 0. The lowest BCUT2D eigenvalue weighted by atomic mass is 9.54. The van der Waals surface area contributed by atoms with E-state index in [9.17, 15) is 9.59 Å². The van der Waals surface area contributed by atoms with Gasteiger partial charge in [0.1, 0.15) is 18.3 Å². The summed E-state index contributed by atoms with van der Waals surface area (Å²) in [5.41, 5.74) is 2.25. The highest BCUT2D eigenvalue weighted by Crippen LogP contribution is 2.52. The van der Waals surface area contributed by atoms with Gasteiger partial charge in [-0.15, -0.1) is 0 Å². The van der Waals surface area contributed by atoms with Crippen molar-refractivity contribution < 1.29 is 14.3 Å². The molecule has 2 unspecified atom stereocenters. The van der Waals surface area contributed by atoms with Gasteiger partial charge in [-0.3, -0.25) is 4.79 Å². The average molecular weight is 330 g/mol. The SMILES string of the molecule is COc1cc(C2(C)CCCC(C)(C)C2C=O)c(C=O)cc1C(C)C. The Hall–Kier alpha value is -1.64. The van der Waals surface area contributed by atoms with Crippen molar-refractivity contribution in [2.45, 2.75) is 65.2 Å². The predicted molar refractivity (Wildman–Crippen MR) is 97.0 cm³/mol. The number of hydrogen-bond acceptors (Lipinski definition) is 3. The van der Waals surface area contributed by atoms with E-state index in [1.807, 2.05) is 12.1 Å². The van der Waals surface area contributed by atoms with Gasteiger partial charge in [0.15, 0.2) is 0 Å². The Morgan fingerprint density at radius 2 is 1.83 bits per heavy atom. The first-order valence-electron chi connectivity index (χ1n) is 8.84. The lowest BCUT2D eigenvalue weighted by Gasteiger charge is -2.49. The monoisotopic (exact) mass is 330 g/mol. The second-order valence-electron chi connectivity index (χ2n) is 8.33. The van der Waals surface area contributed by atoms with Crippen LogP contribution in [0.15, 0.2) is 12.1 Å². The van der Waals surface area contributed by atoms with Crippen LogP contribution in [-0.2, 0) is 10.2 Å². The lowest BCUT2D eigenvalue weighted by Crippen LogP contribution is -2.46. The highest BCUT2D eigenvalue weighted by molar-refractivity contribution is 5.80. The molecule has 1 aromatic carbocycles. The van der Waals surface area contributed by atoms with Gasteiger partial charge < -0.3 is 9.53 Å². The summed E-state index contributed by atoms with van der Waals surface area (Å²) in [6.07, 6.45) is 5.01. The normalized spacial score (nSPS) is 26.2. The molecule has 0 N–H and O–H groups in total. The van der Waals surface area contributed by atoms with Gasteiger partial charge in [0.05, 0.1) is 7.11 Å². The van der Waals surface area contributed by atoms with Crippen molar-refractivity contribution in [2.24, 2.45) is 11.3 Å². The van der Waals surface area contributed by atoms with Crippen LogP contribution in [0, 0.1) is 11.3 Å². The fourth-order valence-corrected chi connectivity index (χ4v) is 4.56. The van der Waals surface area contributed by atoms with Gasteiger partial charge >= 0.3 is 0 Å². The molecule has 0 spiro atoms. The van der Waals surface area contributed by atoms with Crippen molar-refractivity contribution in [1.82, 2.24) is 0 Å². The summed E-state index contributed by atoms with van der Waals surface area (Å²) in [6, 6.07) is 3.94. The molecule has 1 aromatic rings. The van der Waals surface area contributed by atoms with Crippen LogP contribution in [0.2, 0.25) is 0 Å². The minimum atomic E-state index is -0.345. The number of benzene rings is 1. The van der Waals surface area contributed by atoms with Gasteiger partial charge in [-0.2, -0.15) is 0 Å². The zero-order chi connectivity index (χ0) is 18.1. The highest BCUT2D eigenvalue weighted by atomic mass is 16.5. The van der Waals surface area contributed by atoms with Crippen LogP contribution in [0.1, 0.15) is 81.3 Å². The molecule has 0 bridgehead atoms. The number of carbonyl (C=O) groups is 2. The topological polar surface area (TPSA) is 43.4 Å². The summed E-state index contributed by atoms with van der Waals surface area (Å²) in [6.45, 7) is 10.6. The number of carbonyl (C=O) groups excluding carboxylic acids is 2. The molecule has 0 amide bonds. The minimum Gasteiger partial charge on any atom is -0.496 e. The van der Waals surface area contributed by atoms with Gasteiger partial charge in [0.25, 0.3) is 0 Å². The molecule has 132 valence electrons. The molecule has 1 aliphatic rings. The standard InChI is InChI=1S/C21H30O3/c1-14(2)16-10-15(12-22)17(11-18(16)24-6)21(5)9-7-8-20(3,4)19(21)13-23/h10-14,19H,7-9H2,1-6H3. The van der Waals surface area contributed by atoms with E-state index in [0.29, 0.717) is 5.56 Å². The van der Waals surface area contributed by atoms with Crippen LogP contribution in [0.4, 0.5) is 0 Å². The summed E-state index contributed by atoms with van der Waals surface area (Å²) in [4.78, 5) is 23.8. The smallest absolute Gasteiger partial charge is 0.150 e. The molecule has 1 fully saturated rings. The second kappa shape index (κ2) is 6.70. The van der Waals surface area contributed by atoms with Crippen molar-refractivity contribution in [3.05, 3.63) is 28.8 Å². The van der Waals surface area contributed by atoms with Crippen LogP contribution in [0.5, 0.6) is 5.75 Å². The van der Waals surface area contributed by atoms with Gasteiger partial charge in [0, 0.05) is 16.9 Å². The van der Waals surface area contributed by atoms with E-state index in [2.05, 4.69) is 34.6 Å². The zero-order valence-corrected chi connectivity index (χ0v) is 15.8. The molecule has 1 aliphatic carbocycles. The molecular weight excluding hydrogens is 300 g/mol. The number of methoxy groups -OCH3 is 1. The number of ether oxygens (including phenoxy) is 1. The Morgan fingerprint density at radius 1 is 1.17 bits per heavy atom. The first-order chi connectivity index (χ1) is 11.2. The zero-order valence-electron chi connectivity index (χ0n) is 15.8. The van der Waals surface area contributed by atoms with E-state index >= 15 is 0 Å². The summed E-state index contributed by atoms with van der Waals surface area (Å²) in [5.74, 6) is 0.956. The van der Waals surface area contributed by atoms with Gasteiger partial charge in [-0.05, 0) is 47.4 Å². The molecule has 0 radical (unpaired) electrons. The van der Waals surface area contributed by atoms with E-state index < -0.39 is 0 Å². The van der Waals surface area contributed by atoms with Crippen molar-refractivity contribution >= 4 is 12.6 Å². The molecule has 0 heterocycles. The lowest BCUT2D eigenvalue weighted by molar-refractivity contribution is -0.119. The largest absolute Gasteiger partial charge is 0.496 e. The molecule has 0 saturated heterocycles. The van der Waals surface area contributed by atoms with Crippen molar-refractivity contribution in [3.63, 3.8) is 0 Å². The second-order valence-corrected chi connectivity index (χ2v) is 8.33. The molecule has 2 atom stereocenters. The maximum atomic E-state index is 12.0. The van der Waals surface area contributed by atoms with Crippen LogP contribution in [-0.4, -0.2) is 19.7 Å². The van der Waals surface area contributed by atoms with E-state index in [4.69, 9.17) is 4.74 Å². The molecule has 2 rings (SSSR count). The van der Waals surface area contributed by atoms with Crippen LogP contribution < -0.4 is 4.74 Å². The maximum absolute atomic E-state index is 12.0. The third-order valence-electron chi connectivity index (χ3n) is 5.95. The van der Waals surface area contributed by atoms with Gasteiger partial charge in [0.2, 0.25) is 0 Å². The quantitative estimate of drug-likeness (QED) is 0.720. The Labute approximate surface area is 145 Å².